The predicted octanol–water partition coefficient (Wildman–Crippen LogP) is 0.578. The molecule has 0 saturated carbocycles. The fourth-order valence-electron chi connectivity index (χ4n) is 1.28. The Labute approximate surface area is 111 Å². The Hall–Kier alpha value is -2.19. The van der Waals surface area contributed by atoms with Crippen LogP contribution < -0.4 is 5.32 Å². The van der Waals surface area contributed by atoms with Crippen molar-refractivity contribution in [2.24, 2.45) is 0 Å². The van der Waals surface area contributed by atoms with Crippen molar-refractivity contribution in [3.05, 3.63) is 29.3 Å². The summed E-state index contributed by atoms with van der Waals surface area (Å²) in [5, 5.41) is 25.2. The maximum absolute atomic E-state index is 11.6. The minimum absolute atomic E-state index is 0.0287. The van der Waals surface area contributed by atoms with Gasteiger partial charge >= 0.3 is 5.97 Å². The number of carbonyl (C=O) groups is 2. The van der Waals surface area contributed by atoms with Gasteiger partial charge in [-0.1, -0.05) is 11.2 Å². The summed E-state index contributed by atoms with van der Waals surface area (Å²) in [7, 11) is 0. The summed E-state index contributed by atoms with van der Waals surface area (Å²) in [5.74, 6) is -1.55. The Bertz CT molecular complexity index is 578. The first-order chi connectivity index (χ1) is 9.08. The number of aromatic nitrogens is 1. The van der Waals surface area contributed by atoms with E-state index >= 15 is 0 Å². The average molecular weight is 282 g/mol. The molecule has 8 heteroatoms. The zero-order valence-electron chi connectivity index (χ0n) is 9.57. The van der Waals surface area contributed by atoms with Crippen molar-refractivity contribution in [1.29, 1.82) is 0 Å². The summed E-state index contributed by atoms with van der Waals surface area (Å²) in [6, 6.07) is 5.11. The molecule has 2 heterocycles. The largest absolute Gasteiger partial charge is 0.479 e. The van der Waals surface area contributed by atoms with Crippen LogP contribution in [0.4, 0.5) is 0 Å². The molecule has 19 heavy (non-hydrogen) atoms. The molecule has 0 fully saturated rings. The number of carboxylic acid groups (broad SMARTS) is 1. The van der Waals surface area contributed by atoms with E-state index in [4.69, 9.17) is 14.7 Å². The van der Waals surface area contributed by atoms with E-state index in [1.54, 1.807) is 0 Å². The predicted molar refractivity (Wildman–Crippen MR) is 65.8 cm³/mol. The van der Waals surface area contributed by atoms with Crippen LogP contribution in [0.1, 0.15) is 10.5 Å². The molecule has 0 aliphatic rings. The van der Waals surface area contributed by atoms with Crippen molar-refractivity contribution in [3.8, 4) is 10.6 Å². The Morgan fingerprint density at radius 2 is 2.32 bits per heavy atom. The minimum atomic E-state index is -1.65. The van der Waals surface area contributed by atoms with Gasteiger partial charge in [0.05, 0.1) is 11.4 Å². The lowest BCUT2D eigenvalue weighted by Gasteiger charge is -2.05. The molecule has 0 bridgehead atoms. The zero-order valence-corrected chi connectivity index (χ0v) is 10.4. The van der Waals surface area contributed by atoms with Gasteiger partial charge in [-0.15, -0.1) is 11.3 Å². The number of carboxylic acids is 1. The number of thiophene rings is 1. The molecule has 7 nitrogen and oxygen atoms in total. The van der Waals surface area contributed by atoms with Crippen LogP contribution in [0, 0.1) is 0 Å². The van der Waals surface area contributed by atoms with Crippen molar-refractivity contribution in [2.75, 3.05) is 6.54 Å². The topological polar surface area (TPSA) is 113 Å². The van der Waals surface area contributed by atoms with Gasteiger partial charge in [0.15, 0.2) is 17.6 Å². The molecule has 100 valence electrons. The SMILES string of the molecule is O=C(NCC(O)C(=O)O)c1cc(-c2cccs2)on1. The second-order valence-electron chi connectivity index (χ2n) is 3.62. The molecule has 0 aromatic carbocycles. The van der Waals surface area contributed by atoms with Crippen molar-refractivity contribution in [2.45, 2.75) is 6.10 Å². The van der Waals surface area contributed by atoms with Crippen LogP contribution in [0.2, 0.25) is 0 Å². The second kappa shape index (κ2) is 5.63. The van der Waals surface area contributed by atoms with E-state index < -0.39 is 24.5 Å². The number of aliphatic carboxylic acids is 1. The van der Waals surface area contributed by atoms with Gasteiger partial charge in [0.2, 0.25) is 0 Å². The molecule has 1 amide bonds. The summed E-state index contributed by atoms with van der Waals surface area (Å²) in [6.45, 7) is -0.393. The molecular weight excluding hydrogens is 272 g/mol. The van der Waals surface area contributed by atoms with Crippen molar-refractivity contribution in [1.82, 2.24) is 10.5 Å². The molecule has 0 aliphatic heterocycles. The molecule has 0 saturated heterocycles. The number of carbonyl (C=O) groups excluding carboxylic acids is 1. The van der Waals surface area contributed by atoms with Crippen LogP contribution in [0.15, 0.2) is 28.1 Å². The van der Waals surface area contributed by atoms with Gasteiger partial charge in [0, 0.05) is 6.07 Å². The summed E-state index contributed by atoms with van der Waals surface area (Å²) >= 11 is 1.44. The van der Waals surface area contributed by atoms with Crippen LogP contribution in [0.5, 0.6) is 0 Å². The lowest BCUT2D eigenvalue weighted by molar-refractivity contribution is -0.146. The van der Waals surface area contributed by atoms with Crippen LogP contribution in [0.25, 0.3) is 10.6 Å². The standard InChI is InChI=1S/C11H10N2O5S/c14-7(11(16)17)5-12-10(15)6-4-8(18-13-6)9-2-1-3-19-9/h1-4,7,14H,5H2,(H,12,15)(H,16,17). The summed E-state index contributed by atoms with van der Waals surface area (Å²) in [6.07, 6.45) is -1.65. The van der Waals surface area contributed by atoms with E-state index in [0.717, 1.165) is 4.88 Å². The van der Waals surface area contributed by atoms with E-state index in [1.165, 1.54) is 17.4 Å². The third-order valence-corrected chi connectivity index (χ3v) is 3.13. The van der Waals surface area contributed by atoms with Gasteiger partial charge < -0.3 is 20.1 Å². The first kappa shape index (κ1) is 13.2. The number of nitrogens with one attached hydrogen (secondary N) is 1. The molecule has 1 unspecified atom stereocenters. The smallest absolute Gasteiger partial charge is 0.334 e. The number of rotatable bonds is 5. The Morgan fingerprint density at radius 1 is 1.53 bits per heavy atom. The van der Waals surface area contributed by atoms with E-state index in [9.17, 15) is 9.59 Å². The highest BCUT2D eigenvalue weighted by molar-refractivity contribution is 7.13. The Kier molecular flexibility index (Phi) is 3.93. The molecular formula is C11H10N2O5S. The fourth-order valence-corrected chi connectivity index (χ4v) is 1.96. The van der Waals surface area contributed by atoms with Gasteiger partial charge in [0.1, 0.15) is 0 Å². The molecule has 2 rings (SSSR count). The number of aliphatic hydroxyl groups is 1. The molecule has 2 aromatic heterocycles. The highest BCUT2D eigenvalue weighted by Gasteiger charge is 2.18. The number of amides is 1. The van der Waals surface area contributed by atoms with Gasteiger partial charge in [-0.2, -0.15) is 0 Å². The monoisotopic (exact) mass is 282 g/mol. The van der Waals surface area contributed by atoms with Crippen molar-refractivity contribution >= 4 is 23.2 Å². The number of hydrogen-bond acceptors (Lipinski definition) is 6. The fraction of sp³-hybridized carbons (Fsp3) is 0.182. The minimum Gasteiger partial charge on any atom is -0.479 e. The van der Waals surface area contributed by atoms with Crippen LogP contribution in [0.3, 0.4) is 0 Å². The maximum atomic E-state index is 11.6. The molecule has 1 atom stereocenters. The molecule has 0 spiro atoms. The van der Waals surface area contributed by atoms with E-state index in [1.807, 2.05) is 17.5 Å². The number of nitrogens with zero attached hydrogens (tertiary/aromatic N) is 1. The molecule has 3 N–H and O–H groups in total. The lowest BCUT2D eigenvalue weighted by atomic mass is 10.3. The first-order valence-corrected chi connectivity index (χ1v) is 6.15. The van der Waals surface area contributed by atoms with Crippen LogP contribution in [-0.2, 0) is 4.79 Å². The molecule has 0 radical (unpaired) electrons. The average Bonchev–Trinajstić information content (AvgIpc) is 3.04. The summed E-state index contributed by atoms with van der Waals surface area (Å²) < 4.78 is 5.01. The summed E-state index contributed by atoms with van der Waals surface area (Å²) in [4.78, 5) is 22.8. The van der Waals surface area contributed by atoms with E-state index in [0.29, 0.717) is 5.76 Å². The number of aliphatic hydroxyl groups excluding tert-OH is 1. The van der Waals surface area contributed by atoms with E-state index in [-0.39, 0.29) is 5.69 Å². The normalized spacial score (nSPS) is 12.1. The first-order valence-electron chi connectivity index (χ1n) is 5.27. The summed E-state index contributed by atoms with van der Waals surface area (Å²) in [5.41, 5.74) is 0.0287. The maximum Gasteiger partial charge on any atom is 0.334 e. The number of hydrogen-bond donors (Lipinski definition) is 3. The van der Waals surface area contributed by atoms with Crippen LogP contribution in [-0.4, -0.2) is 39.9 Å². The Balaban J connectivity index is 1.99. The third-order valence-electron chi connectivity index (χ3n) is 2.25. The highest BCUT2D eigenvalue weighted by Crippen LogP contribution is 2.24. The van der Waals surface area contributed by atoms with Gasteiger partial charge in [-0.25, -0.2) is 4.79 Å². The van der Waals surface area contributed by atoms with E-state index in [2.05, 4.69) is 10.5 Å². The van der Waals surface area contributed by atoms with Crippen molar-refractivity contribution in [3.63, 3.8) is 0 Å². The second-order valence-corrected chi connectivity index (χ2v) is 4.57. The van der Waals surface area contributed by atoms with Gasteiger partial charge in [-0.05, 0) is 11.4 Å². The van der Waals surface area contributed by atoms with Gasteiger partial charge in [-0.3, -0.25) is 4.79 Å². The van der Waals surface area contributed by atoms with Crippen molar-refractivity contribution < 1.29 is 24.3 Å². The lowest BCUT2D eigenvalue weighted by Crippen LogP contribution is -2.36. The highest BCUT2D eigenvalue weighted by atomic mass is 32.1. The van der Waals surface area contributed by atoms with Crippen LogP contribution >= 0.6 is 11.3 Å². The zero-order chi connectivity index (χ0) is 13.8. The molecule has 2 aromatic rings. The third kappa shape index (κ3) is 3.18. The van der Waals surface area contributed by atoms with Gasteiger partial charge in [0.25, 0.3) is 5.91 Å². The quantitative estimate of drug-likeness (QED) is 0.739. The molecule has 0 aliphatic carbocycles. The Morgan fingerprint density at radius 3 is 2.95 bits per heavy atom.